The lowest BCUT2D eigenvalue weighted by atomic mass is 9.79. The zero-order valence-corrected chi connectivity index (χ0v) is 17.3. The maximum absolute atomic E-state index is 12.5. The van der Waals surface area contributed by atoms with Gasteiger partial charge >= 0.3 is 7.12 Å². The molecule has 1 aliphatic heterocycles. The molecule has 2 aromatic rings. The second-order valence-electron chi connectivity index (χ2n) is 7.97. The number of hydrogen-bond donors (Lipinski definition) is 1. The first-order valence-corrected chi connectivity index (χ1v) is 10.5. The number of rotatable bonds is 5. The lowest BCUT2D eigenvalue weighted by molar-refractivity contribution is 0.00578. The summed E-state index contributed by atoms with van der Waals surface area (Å²) >= 11 is 0. The van der Waals surface area contributed by atoms with Crippen molar-refractivity contribution in [3.8, 4) is 0 Å². The molecule has 0 unspecified atom stereocenters. The van der Waals surface area contributed by atoms with Crippen LogP contribution in [0.3, 0.4) is 0 Å². The van der Waals surface area contributed by atoms with Gasteiger partial charge in [-0.25, -0.2) is 13.1 Å². The quantitative estimate of drug-likeness (QED) is 0.802. The van der Waals surface area contributed by atoms with Crippen LogP contribution in [-0.4, -0.2) is 26.7 Å². The molecule has 0 saturated carbocycles. The van der Waals surface area contributed by atoms with Gasteiger partial charge in [0.2, 0.25) is 10.0 Å². The average molecular weight is 387 g/mol. The van der Waals surface area contributed by atoms with Crippen LogP contribution in [0.1, 0.15) is 38.8 Å². The smallest absolute Gasteiger partial charge is 0.399 e. The monoisotopic (exact) mass is 387 g/mol. The first-order valence-electron chi connectivity index (χ1n) is 9.01. The molecule has 0 radical (unpaired) electrons. The van der Waals surface area contributed by atoms with Crippen LogP contribution < -0.4 is 10.2 Å². The Kier molecular flexibility index (Phi) is 5.25. The fourth-order valence-electron chi connectivity index (χ4n) is 2.75. The van der Waals surface area contributed by atoms with Crippen molar-refractivity contribution in [2.75, 3.05) is 0 Å². The molecule has 144 valence electrons. The molecule has 0 atom stereocenters. The SMILES string of the molecule is Cc1ccc(CNS(=O)(=O)c2ccc(B3OC(C)(C)C(C)(C)O3)cc2)cc1. The molecular formula is C20H26BNO4S. The fraction of sp³-hybridized carbons (Fsp3) is 0.400. The predicted molar refractivity (Wildman–Crippen MR) is 107 cm³/mol. The lowest BCUT2D eigenvalue weighted by Crippen LogP contribution is -2.41. The third-order valence-corrected chi connectivity index (χ3v) is 6.72. The first-order chi connectivity index (χ1) is 12.5. The van der Waals surface area contributed by atoms with Crippen molar-refractivity contribution in [2.45, 2.75) is 57.3 Å². The molecule has 5 nitrogen and oxygen atoms in total. The van der Waals surface area contributed by atoms with E-state index < -0.39 is 28.3 Å². The summed E-state index contributed by atoms with van der Waals surface area (Å²) in [6.07, 6.45) is 0. The van der Waals surface area contributed by atoms with Gasteiger partial charge in [0.1, 0.15) is 0 Å². The van der Waals surface area contributed by atoms with Crippen LogP contribution >= 0.6 is 0 Å². The van der Waals surface area contributed by atoms with Gasteiger partial charge in [-0.1, -0.05) is 42.0 Å². The summed E-state index contributed by atoms with van der Waals surface area (Å²) in [6.45, 7) is 10.2. The topological polar surface area (TPSA) is 64.6 Å². The van der Waals surface area contributed by atoms with Crippen LogP contribution in [0.15, 0.2) is 53.4 Å². The number of benzene rings is 2. The normalized spacial score (nSPS) is 18.6. The van der Waals surface area contributed by atoms with Crippen LogP contribution in [0.2, 0.25) is 0 Å². The highest BCUT2D eigenvalue weighted by Crippen LogP contribution is 2.36. The third kappa shape index (κ3) is 4.27. The number of hydrogen-bond acceptors (Lipinski definition) is 4. The molecule has 1 N–H and O–H groups in total. The van der Waals surface area contributed by atoms with E-state index in [2.05, 4.69) is 4.72 Å². The van der Waals surface area contributed by atoms with Crippen molar-refractivity contribution in [1.82, 2.24) is 4.72 Å². The molecule has 3 rings (SSSR count). The molecule has 0 aromatic heterocycles. The van der Waals surface area contributed by atoms with Crippen molar-refractivity contribution >= 4 is 22.6 Å². The van der Waals surface area contributed by atoms with E-state index in [0.29, 0.717) is 0 Å². The van der Waals surface area contributed by atoms with Crippen LogP contribution in [0.25, 0.3) is 0 Å². The van der Waals surface area contributed by atoms with Gasteiger partial charge in [0.25, 0.3) is 0 Å². The molecule has 7 heteroatoms. The Morgan fingerprint density at radius 1 is 0.889 bits per heavy atom. The number of nitrogens with one attached hydrogen (secondary N) is 1. The van der Waals surface area contributed by atoms with Gasteiger partial charge < -0.3 is 9.31 Å². The van der Waals surface area contributed by atoms with E-state index in [1.165, 1.54) is 0 Å². The number of aryl methyl sites for hydroxylation is 1. The third-order valence-electron chi connectivity index (χ3n) is 5.30. The van der Waals surface area contributed by atoms with E-state index >= 15 is 0 Å². The lowest BCUT2D eigenvalue weighted by Gasteiger charge is -2.32. The van der Waals surface area contributed by atoms with E-state index in [1.807, 2.05) is 58.9 Å². The minimum absolute atomic E-state index is 0.217. The van der Waals surface area contributed by atoms with E-state index in [4.69, 9.17) is 9.31 Å². The van der Waals surface area contributed by atoms with Crippen molar-refractivity contribution in [1.29, 1.82) is 0 Å². The molecule has 27 heavy (non-hydrogen) atoms. The molecule has 1 heterocycles. The Labute approximate surface area is 162 Å². The van der Waals surface area contributed by atoms with Crippen LogP contribution in [0.4, 0.5) is 0 Å². The van der Waals surface area contributed by atoms with Crippen LogP contribution in [0.5, 0.6) is 0 Å². The summed E-state index contributed by atoms with van der Waals surface area (Å²) in [4.78, 5) is 0.217. The van der Waals surface area contributed by atoms with Gasteiger partial charge in [0.15, 0.2) is 0 Å². The van der Waals surface area contributed by atoms with Gasteiger partial charge in [-0.05, 0) is 57.8 Å². The van der Waals surface area contributed by atoms with Gasteiger partial charge in [0.05, 0.1) is 16.1 Å². The molecule has 0 aliphatic carbocycles. The number of sulfonamides is 1. The summed E-state index contributed by atoms with van der Waals surface area (Å²) in [5.41, 5.74) is 1.99. The van der Waals surface area contributed by atoms with E-state index in [-0.39, 0.29) is 11.4 Å². The Bertz CT molecular complexity index is 890. The highest BCUT2D eigenvalue weighted by atomic mass is 32.2. The maximum Gasteiger partial charge on any atom is 0.494 e. The highest BCUT2D eigenvalue weighted by molar-refractivity contribution is 7.89. The second kappa shape index (κ2) is 7.06. The molecule has 0 amide bonds. The van der Waals surface area contributed by atoms with Crippen molar-refractivity contribution in [3.05, 3.63) is 59.7 Å². The summed E-state index contributed by atoms with van der Waals surface area (Å²) in [7, 11) is -4.09. The van der Waals surface area contributed by atoms with Gasteiger partial charge in [0, 0.05) is 6.54 Å². The van der Waals surface area contributed by atoms with Gasteiger partial charge in [-0.15, -0.1) is 0 Å². The Hall–Kier alpha value is -1.67. The summed E-state index contributed by atoms with van der Waals surface area (Å²) in [5, 5.41) is 0. The minimum Gasteiger partial charge on any atom is -0.399 e. The molecule has 0 spiro atoms. The zero-order chi connectivity index (χ0) is 19.9. The summed E-state index contributed by atoms with van der Waals surface area (Å²) < 4.78 is 39.7. The van der Waals surface area contributed by atoms with Crippen LogP contribution in [0, 0.1) is 6.92 Å². The molecule has 1 fully saturated rings. The molecule has 1 saturated heterocycles. The van der Waals surface area contributed by atoms with Gasteiger partial charge in [-0.2, -0.15) is 0 Å². The predicted octanol–water partition coefficient (Wildman–Crippen LogP) is 2.77. The van der Waals surface area contributed by atoms with Crippen molar-refractivity contribution < 1.29 is 17.7 Å². The van der Waals surface area contributed by atoms with Crippen molar-refractivity contribution in [3.63, 3.8) is 0 Å². The average Bonchev–Trinajstić information content (AvgIpc) is 2.82. The van der Waals surface area contributed by atoms with Crippen LogP contribution in [-0.2, 0) is 25.9 Å². The van der Waals surface area contributed by atoms with Gasteiger partial charge in [-0.3, -0.25) is 0 Å². The van der Waals surface area contributed by atoms with E-state index in [9.17, 15) is 8.42 Å². The molecule has 2 aromatic carbocycles. The second-order valence-corrected chi connectivity index (χ2v) is 9.73. The fourth-order valence-corrected chi connectivity index (χ4v) is 3.77. The van der Waals surface area contributed by atoms with E-state index in [0.717, 1.165) is 16.6 Å². The maximum atomic E-state index is 12.5. The van der Waals surface area contributed by atoms with Crippen molar-refractivity contribution in [2.24, 2.45) is 0 Å². The molecular weight excluding hydrogens is 361 g/mol. The summed E-state index contributed by atoms with van der Waals surface area (Å²) in [6, 6.07) is 14.4. The largest absolute Gasteiger partial charge is 0.494 e. The Balaban J connectivity index is 1.70. The standard InChI is InChI=1S/C20H26BNO4S/c1-15-6-8-16(9-7-15)14-22-27(23,24)18-12-10-17(11-13-18)21-25-19(2,3)20(4,5)26-21/h6-13,22H,14H2,1-5H3. The zero-order valence-electron chi connectivity index (χ0n) is 16.4. The Morgan fingerprint density at radius 2 is 1.41 bits per heavy atom. The highest BCUT2D eigenvalue weighted by Gasteiger charge is 2.51. The molecule has 0 bridgehead atoms. The molecule has 1 aliphatic rings. The summed E-state index contributed by atoms with van der Waals surface area (Å²) in [5.74, 6) is 0. The minimum atomic E-state index is -3.59. The first kappa shape index (κ1) is 20.1. The van der Waals surface area contributed by atoms with E-state index in [1.54, 1.807) is 24.3 Å². The Morgan fingerprint density at radius 3 is 1.93 bits per heavy atom.